The molecule has 6 nitrogen and oxygen atoms in total. The summed E-state index contributed by atoms with van der Waals surface area (Å²) >= 11 is 6.19. The zero-order valence-corrected chi connectivity index (χ0v) is 18.2. The average Bonchev–Trinajstić information content (AvgIpc) is 3.38. The molecule has 0 N–H and O–H groups in total. The van der Waals surface area contributed by atoms with Gasteiger partial charge in [-0.15, -0.1) is 0 Å². The van der Waals surface area contributed by atoms with Crippen molar-refractivity contribution >= 4 is 44.1 Å². The maximum absolute atomic E-state index is 13.3. The first kappa shape index (κ1) is 19.6. The molecule has 1 aliphatic carbocycles. The molecule has 1 amide bonds. The number of sulfone groups is 1. The molecular weight excluding hydrogens is 422 g/mol. The Bertz CT molecular complexity index is 1280. The molecule has 1 fully saturated rings. The lowest BCUT2D eigenvalue weighted by atomic mass is 10.00. The van der Waals surface area contributed by atoms with Gasteiger partial charge in [0.1, 0.15) is 15.7 Å². The highest BCUT2D eigenvalue weighted by Crippen LogP contribution is 2.56. The molecule has 156 valence electrons. The number of rotatable bonds is 6. The van der Waals surface area contributed by atoms with Crippen molar-refractivity contribution in [3.63, 3.8) is 0 Å². The number of aryl methyl sites for hydroxylation is 1. The van der Waals surface area contributed by atoms with Crippen LogP contribution in [-0.4, -0.2) is 35.9 Å². The summed E-state index contributed by atoms with van der Waals surface area (Å²) < 4.78 is 25.3. The fourth-order valence-electron chi connectivity index (χ4n) is 4.55. The Balaban J connectivity index is 1.52. The SMILES string of the molecule is CS(=O)(=O)CCCn1c(CN2C(=O)C3(CC3)c3cccnc32)cc2cc(Cl)ccc21. The summed E-state index contributed by atoms with van der Waals surface area (Å²) in [6, 6.07) is 11.6. The first-order valence-electron chi connectivity index (χ1n) is 10.0. The van der Waals surface area contributed by atoms with Crippen LogP contribution in [0, 0.1) is 0 Å². The van der Waals surface area contributed by atoms with Crippen LogP contribution in [-0.2, 0) is 33.1 Å². The quantitative estimate of drug-likeness (QED) is 0.582. The van der Waals surface area contributed by atoms with Crippen molar-refractivity contribution in [1.82, 2.24) is 9.55 Å². The van der Waals surface area contributed by atoms with Gasteiger partial charge < -0.3 is 4.57 Å². The Hall–Kier alpha value is -2.38. The maximum Gasteiger partial charge on any atom is 0.239 e. The Labute approximate surface area is 180 Å². The summed E-state index contributed by atoms with van der Waals surface area (Å²) in [6.45, 7) is 0.950. The van der Waals surface area contributed by atoms with Crippen molar-refractivity contribution in [1.29, 1.82) is 0 Å². The highest BCUT2D eigenvalue weighted by molar-refractivity contribution is 7.90. The van der Waals surface area contributed by atoms with E-state index in [-0.39, 0.29) is 17.1 Å². The molecule has 2 aliphatic rings. The van der Waals surface area contributed by atoms with E-state index in [0.29, 0.717) is 24.5 Å². The van der Waals surface area contributed by atoms with E-state index in [1.165, 1.54) is 6.26 Å². The van der Waals surface area contributed by atoms with E-state index in [0.717, 1.165) is 40.8 Å². The lowest BCUT2D eigenvalue weighted by molar-refractivity contribution is -0.120. The normalized spacial score (nSPS) is 17.1. The summed E-state index contributed by atoms with van der Waals surface area (Å²) in [5, 5.41) is 1.62. The van der Waals surface area contributed by atoms with Crippen molar-refractivity contribution in [3.8, 4) is 0 Å². The molecule has 0 atom stereocenters. The highest BCUT2D eigenvalue weighted by atomic mass is 35.5. The molecule has 0 saturated heterocycles. The Morgan fingerprint density at radius 1 is 1.20 bits per heavy atom. The molecule has 0 bridgehead atoms. The van der Waals surface area contributed by atoms with Crippen molar-refractivity contribution in [2.45, 2.75) is 37.8 Å². The van der Waals surface area contributed by atoms with Crippen molar-refractivity contribution < 1.29 is 13.2 Å². The first-order valence-corrected chi connectivity index (χ1v) is 12.5. The van der Waals surface area contributed by atoms with E-state index in [1.807, 2.05) is 36.4 Å². The minimum atomic E-state index is -3.04. The van der Waals surface area contributed by atoms with Crippen LogP contribution in [0.1, 0.15) is 30.5 Å². The number of amides is 1. The number of carbonyl (C=O) groups is 1. The molecule has 1 aromatic carbocycles. The number of benzene rings is 1. The second-order valence-corrected chi connectivity index (χ2v) is 11.0. The van der Waals surface area contributed by atoms with Gasteiger partial charge in [-0.2, -0.15) is 0 Å². The minimum absolute atomic E-state index is 0.113. The number of anilines is 1. The van der Waals surface area contributed by atoms with E-state index in [1.54, 1.807) is 11.1 Å². The van der Waals surface area contributed by atoms with Gasteiger partial charge in [-0.05, 0) is 49.6 Å². The zero-order chi connectivity index (χ0) is 21.1. The van der Waals surface area contributed by atoms with E-state index >= 15 is 0 Å². The average molecular weight is 444 g/mol. The highest BCUT2D eigenvalue weighted by Gasteiger charge is 2.59. The smallest absolute Gasteiger partial charge is 0.239 e. The Morgan fingerprint density at radius 2 is 2.00 bits per heavy atom. The van der Waals surface area contributed by atoms with Crippen LogP contribution in [0.3, 0.4) is 0 Å². The molecule has 3 aromatic rings. The minimum Gasteiger partial charge on any atom is -0.343 e. The maximum atomic E-state index is 13.3. The summed E-state index contributed by atoms with van der Waals surface area (Å²) in [4.78, 5) is 19.5. The lowest BCUT2D eigenvalue weighted by Gasteiger charge is -2.19. The van der Waals surface area contributed by atoms with Gasteiger partial charge in [0.15, 0.2) is 0 Å². The number of aromatic nitrogens is 2. The number of hydrogen-bond donors (Lipinski definition) is 0. The van der Waals surface area contributed by atoms with Gasteiger partial charge in [-0.1, -0.05) is 17.7 Å². The third kappa shape index (κ3) is 3.20. The van der Waals surface area contributed by atoms with Crippen LogP contribution in [0.2, 0.25) is 5.02 Å². The van der Waals surface area contributed by atoms with Crippen LogP contribution in [0.25, 0.3) is 10.9 Å². The molecule has 1 spiro atoms. The second kappa shape index (κ2) is 6.82. The van der Waals surface area contributed by atoms with Crippen LogP contribution >= 0.6 is 11.6 Å². The number of nitrogens with zero attached hydrogens (tertiary/aromatic N) is 3. The number of hydrogen-bond acceptors (Lipinski definition) is 4. The number of pyridine rings is 1. The molecule has 3 heterocycles. The van der Waals surface area contributed by atoms with Gasteiger partial charge >= 0.3 is 0 Å². The molecule has 1 aliphatic heterocycles. The fraction of sp³-hybridized carbons (Fsp3) is 0.364. The predicted octanol–water partition coefficient (Wildman–Crippen LogP) is 3.70. The first-order chi connectivity index (χ1) is 14.3. The zero-order valence-electron chi connectivity index (χ0n) is 16.6. The fourth-order valence-corrected chi connectivity index (χ4v) is 5.39. The van der Waals surface area contributed by atoms with Gasteiger partial charge in [0.2, 0.25) is 5.91 Å². The summed E-state index contributed by atoms with van der Waals surface area (Å²) in [5.41, 5.74) is 2.57. The van der Waals surface area contributed by atoms with Gasteiger partial charge in [-0.25, -0.2) is 13.4 Å². The molecule has 0 radical (unpaired) electrons. The topological polar surface area (TPSA) is 72.3 Å². The standard InChI is InChI=1S/C22H22ClN3O3S/c1-30(28,29)11-3-10-25-17(13-15-12-16(23)5-6-19(15)25)14-26-20-18(4-2-9-24-20)22(7-8-22)21(26)27/h2,4-6,9,12-13H,3,7-8,10-11,14H2,1H3. The van der Waals surface area contributed by atoms with E-state index in [4.69, 9.17) is 11.6 Å². The molecule has 8 heteroatoms. The summed E-state index contributed by atoms with van der Waals surface area (Å²) in [6.07, 6.45) is 5.22. The number of halogens is 1. The molecular formula is C22H22ClN3O3S. The summed E-state index contributed by atoms with van der Waals surface area (Å²) in [5.74, 6) is 0.976. The number of carbonyl (C=O) groups excluding carboxylic acids is 1. The van der Waals surface area contributed by atoms with Crippen molar-refractivity contribution in [2.75, 3.05) is 16.9 Å². The van der Waals surface area contributed by atoms with Crippen LogP contribution in [0.5, 0.6) is 0 Å². The molecule has 2 aromatic heterocycles. The summed E-state index contributed by atoms with van der Waals surface area (Å²) in [7, 11) is -3.04. The molecule has 0 unspecified atom stereocenters. The van der Waals surface area contributed by atoms with Crippen LogP contribution < -0.4 is 4.90 Å². The van der Waals surface area contributed by atoms with Crippen LogP contribution in [0.15, 0.2) is 42.6 Å². The van der Waals surface area contributed by atoms with Gasteiger partial charge in [-0.3, -0.25) is 9.69 Å². The van der Waals surface area contributed by atoms with Crippen molar-refractivity contribution in [2.24, 2.45) is 0 Å². The Kier molecular flexibility index (Phi) is 4.45. The van der Waals surface area contributed by atoms with E-state index in [2.05, 4.69) is 9.55 Å². The third-order valence-electron chi connectivity index (χ3n) is 6.13. The molecule has 5 rings (SSSR count). The van der Waals surface area contributed by atoms with Crippen molar-refractivity contribution in [3.05, 3.63) is 58.9 Å². The monoisotopic (exact) mass is 443 g/mol. The molecule has 30 heavy (non-hydrogen) atoms. The molecule has 1 saturated carbocycles. The van der Waals surface area contributed by atoms with E-state index in [9.17, 15) is 13.2 Å². The second-order valence-electron chi connectivity index (χ2n) is 8.32. The largest absolute Gasteiger partial charge is 0.343 e. The van der Waals surface area contributed by atoms with Crippen LogP contribution in [0.4, 0.5) is 5.82 Å². The van der Waals surface area contributed by atoms with Gasteiger partial charge in [0.25, 0.3) is 0 Å². The van der Waals surface area contributed by atoms with E-state index < -0.39 is 9.84 Å². The van der Waals surface area contributed by atoms with Gasteiger partial charge in [0.05, 0.1) is 17.7 Å². The van der Waals surface area contributed by atoms with Gasteiger partial charge in [0, 0.05) is 46.2 Å². The lowest BCUT2D eigenvalue weighted by Crippen LogP contribution is -2.32. The number of fused-ring (bicyclic) bond motifs is 3. The third-order valence-corrected chi connectivity index (χ3v) is 7.39. The predicted molar refractivity (Wildman–Crippen MR) is 118 cm³/mol. The Morgan fingerprint density at radius 3 is 2.73 bits per heavy atom.